The van der Waals surface area contributed by atoms with Crippen molar-refractivity contribution in [3.05, 3.63) is 84.9 Å². The quantitative estimate of drug-likeness (QED) is 0.107. The molecule has 0 aliphatic carbocycles. The zero-order valence-electron chi connectivity index (χ0n) is 26.1. The summed E-state index contributed by atoms with van der Waals surface area (Å²) in [7, 11) is -12.6. The van der Waals surface area contributed by atoms with Crippen molar-refractivity contribution in [2.75, 3.05) is 6.61 Å². The van der Waals surface area contributed by atoms with Crippen molar-refractivity contribution in [2.45, 2.75) is 81.4 Å². The van der Waals surface area contributed by atoms with Crippen molar-refractivity contribution in [3.8, 4) is 5.75 Å². The zero-order chi connectivity index (χ0) is 40.7. The lowest BCUT2D eigenvalue weighted by atomic mass is 9.91. The molecule has 3 aromatic rings. The fourth-order valence-corrected chi connectivity index (χ4v) is 9.67. The molecule has 53 heavy (non-hydrogen) atoms. The van der Waals surface area contributed by atoms with Crippen LogP contribution in [0.15, 0.2) is 99.6 Å². The second-order valence-corrected chi connectivity index (χ2v) is 15.3. The zero-order valence-corrected chi connectivity index (χ0v) is 27.7. The molecule has 23 heteroatoms. The maximum atomic E-state index is 15.5. The van der Waals surface area contributed by atoms with Crippen LogP contribution in [0, 0.1) is 0 Å². The SMILES string of the molecule is CCCCOc1ccccc1S(OS(=O)(=O)C(F)(F)C(F)(F)C(F)(F)C(F)(F)C(F)(F)C(F)(F)C(F)(F)C(F)(F)F)(c1ccccc1)c1ccccc1. The highest BCUT2D eigenvalue weighted by Crippen LogP contribution is 2.73. The van der Waals surface area contributed by atoms with Gasteiger partial charge in [-0.1, -0.05) is 61.9 Å². The number of ether oxygens (including phenoxy) is 1. The first kappa shape index (κ1) is 43.9. The van der Waals surface area contributed by atoms with Crippen LogP contribution in [-0.2, 0) is 13.7 Å². The van der Waals surface area contributed by atoms with Crippen LogP contribution in [0.25, 0.3) is 0 Å². The normalized spacial score (nSPS) is 15.0. The molecule has 0 aliphatic heterocycles. The summed E-state index contributed by atoms with van der Waals surface area (Å²) < 4.78 is 276. The number of alkyl halides is 17. The van der Waals surface area contributed by atoms with Gasteiger partial charge in [-0.25, -0.2) is 3.63 Å². The predicted molar refractivity (Wildman–Crippen MR) is 153 cm³/mol. The Morgan fingerprint density at radius 1 is 0.509 bits per heavy atom. The standard InChI is InChI=1S/C30H23F17O4S2/c1-2-3-18-50-21-16-10-11-17-22(21)52(19-12-6-4-7-13-19,20-14-8-5-9-15-20)51-53(48,49)30(46,47)28(41,42)26(37,38)24(33,34)23(31,32)25(35,36)27(39,40)29(43,44)45/h4-17H,2-3,18H2,1H3. The molecule has 0 bridgehead atoms. The molecule has 0 fully saturated rings. The second kappa shape index (κ2) is 14.3. The van der Waals surface area contributed by atoms with E-state index in [1.165, 1.54) is 18.2 Å². The van der Waals surface area contributed by atoms with E-state index in [9.17, 15) is 65.5 Å². The molecule has 0 spiro atoms. The lowest BCUT2D eigenvalue weighted by Crippen LogP contribution is -2.75. The molecule has 0 saturated carbocycles. The Bertz CT molecular complexity index is 1780. The van der Waals surface area contributed by atoms with E-state index in [1.54, 1.807) is 6.92 Å². The third-order valence-corrected chi connectivity index (χ3v) is 12.5. The minimum Gasteiger partial charge on any atom is -0.492 e. The van der Waals surface area contributed by atoms with Gasteiger partial charge in [0.15, 0.2) is 0 Å². The van der Waals surface area contributed by atoms with Gasteiger partial charge in [0.05, 0.1) is 11.5 Å². The Hall–Kier alpha value is -3.47. The van der Waals surface area contributed by atoms with Gasteiger partial charge in [0.1, 0.15) is 5.75 Å². The molecule has 0 unspecified atom stereocenters. The first-order valence-electron chi connectivity index (χ1n) is 14.3. The van der Waals surface area contributed by atoms with E-state index in [1.807, 2.05) is 0 Å². The molecule has 3 aromatic carbocycles. The van der Waals surface area contributed by atoms with Crippen LogP contribution >= 0.6 is 10.3 Å². The van der Waals surface area contributed by atoms with Gasteiger partial charge in [0.2, 0.25) is 0 Å². The summed E-state index contributed by atoms with van der Waals surface area (Å²) in [6, 6.07) is 15.1. The van der Waals surface area contributed by atoms with Crippen LogP contribution in [0.1, 0.15) is 19.8 Å². The first-order chi connectivity index (χ1) is 24.0. The number of para-hydroxylation sites is 1. The van der Waals surface area contributed by atoms with E-state index in [0.29, 0.717) is 12.8 Å². The predicted octanol–water partition coefficient (Wildman–Crippen LogP) is 11.4. The van der Waals surface area contributed by atoms with Crippen LogP contribution < -0.4 is 4.74 Å². The van der Waals surface area contributed by atoms with Crippen molar-refractivity contribution >= 4 is 20.4 Å². The van der Waals surface area contributed by atoms with Gasteiger partial charge in [-0.3, -0.25) is 0 Å². The first-order valence-corrected chi connectivity index (χ1v) is 17.3. The largest absolute Gasteiger partial charge is 0.492 e. The van der Waals surface area contributed by atoms with Gasteiger partial charge in [-0.15, -0.1) is 0 Å². The molecule has 0 atom stereocenters. The van der Waals surface area contributed by atoms with Crippen molar-refractivity contribution in [2.24, 2.45) is 0 Å². The van der Waals surface area contributed by atoms with Gasteiger partial charge < -0.3 is 4.74 Å². The summed E-state index contributed by atoms with van der Waals surface area (Å²) in [6.45, 7) is 1.51. The van der Waals surface area contributed by atoms with E-state index in [-0.39, 0.29) is 6.61 Å². The molecule has 298 valence electrons. The Morgan fingerprint density at radius 2 is 0.887 bits per heavy atom. The summed E-state index contributed by atoms with van der Waals surface area (Å²) in [4.78, 5) is -1.65. The molecule has 0 heterocycles. The van der Waals surface area contributed by atoms with Crippen LogP contribution in [0.3, 0.4) is 0 Å². The highest BCUT2D eigenvalue weighted by atomic mass is 32.3. The minimum absolute atomic E-state index is 0.179. The van der Waals surface area contributed by atoms with Gasteiger partial charge in [0.25, 0.3) is 0 Å². The molecular formula is C30H23F17O4S2. The smallest absolute Gasteiger partial charge is 0.460 e. The average molecular weight is 835 g/mol. The Morgan fingerprint density at radius 3 is 1.30 bits per heavy atom. The van der Waals surface area contributed by atoms with Gasteiger partial charge in [0, 0.05) is 9.79 Å². The molecule has 0 aromatic heterocycles. The van der Waals surface area contributed by atoms with E-state index in [2.05, 4.69) is 0 Å². The number of unbranched alkanes of at least 4 members (excludes halogenated alkanes) is 1. The third kappa shape index (κ3) is 6.78. The third-order valence-electron chi connectivity index (χ3n) is 7.26. The lowest BCUT2D eigenvalue weighted by Gasteiger charge is -2.44. The molecule has 0 saturated heterocycles. The summed E-state index contributed by atoms with van der Waals surface area (Å²) in [5.74, 6) is -52.9. The molecule has 0 amide bonds. The maximum absolute atomic E-state index is 15.5. The highest BCUT2D eigenvalue weighted by Gasteiger charge is 2.96. The Balaban J connectivity index is 2.35. The van der Waals surface area contributed by atoms with Gasteiger partial charge in [-0.05, 0) is 53.1 Å². The van der Waals surface area contributed by atoms with Gasteiger partial charge >= 0.3 is 57.1 Å². The summed E-state index contributed by atoms with van der Waals surface area (Å²) in [5.41, 5.74) is 0. The van der Waals surface area contributed by atoms with Crippen molar-refractivity contribution in [1.29, 1.82) is 0 Å². The topological polar surface area (TPSA) is 52.6 Å². The maximum Gasteiger partial charge on any atom is 0.460 e. The van der Waals surface area contributed by atoms with Crippen LogP contribution in [0.2, 0.25) is 0 Å². The number of hydrogen-bond donors (Lipinski definition) is 0. The molecule has 3 rings (SSSR count). The molecule has 0 radical (unpaired) electrons. The Kier molecular flexibility index (Phi) is 11.9. The highest BCUT2D eigenvalue weighted by molar-refractivity contribution is 8.33. The molecule has 0 aliphatic rings. The number of halogens is 17. The molecular weight excluding hydrogens is 811 g/mol. The van der Waals surface area contributed by atoms with E-state index < -0.39 is 87.8 Å². The number of hydrogen-bond acceptors (Lipinski definition) is 4. The average Bonchev–Trinajstić information content (AvgIpc) is 3.07. The van der Waals surface area contributed by atoms with Crippen LogP contribution in [0.5, 0.6) is 5.75 Å². The lowest BCUT2D eigenvalue weighted by molar-refractivity contribution is -0.458. The minimum atomic E-state index is -8.98. The Labute approximate surface area is 290 Å². The van der Waals surface area contributed by atoms with Crippen LogP contribution in [-0.4, -0.2) is 62.0 Å². The fourth-order valence-electron chi connectivity index (χ4n) is 4.35. The van der Waals surface area contributed by atoms with Gasteiger partial charge in [-0.2, -0.15) is 83.1 Å². The van der Waals surface area contributed by atoms with E-state index in [0.717, 1.165) is 66.7 Å². The van der Waals surface area contributed by atoms with E-state index in [4.69, 9.17) is 8.37 Å². The molecule has 0 N–H and O–H groups in total. The summed E-state index contributed by atoms with van der Waals surface area (Å²) in [5, 5.41) is -7.90. The van der Waals surface area contributed by atoms with Crippen molar-refractivity contribution in [3.63, 3.8) is 0 Å². The fraction of sp³-hybridized carbons (Fsp3) is 0.400. The van der Waals surface area contributed by atoms with Crippen molar-refractivity contribution < 1.29 is 91.4 Å². The summed E-state index contributed by atoms with van der Waals surface area (Å²) >= 11 is 0. The molecule has 4 nitrogen and oxygen atoms in total. The monoisotopic (exact) mass is 834 g/mol. The van der Waals surface area contributed by atoms with Crippen LogP contribution in [0.4, 0.5) is 74.6 Å². The van der Waals surface area contributed by atoms with E-state index >= 15 is 17.6 Å². The second-order valence-electron chi connectivity index (χ2n) is 10.8. The number of benzene rings is 3. The number of rotatable bonds is 16. The summed E-state index contributed by atoms with van der Waals surface area (Å²) in [6.07, 6.45) is -7.17. The van der Waals surface area contributed by atoms with Crippen molar-refractivity contribution in [1.82, 2.24) is 0 Å².